The van der Waals surface area contributed by atoms with Crippen molar-refractivity contribution in [3.8, 4) is 0 Å². The van der Waals surface area contributed by atoms with E-state index in [0.29, 0.717) is 6.54 Å². The van der Waals surface area contributed by atoms with Crippen molar-refractivity contribution >= 4 is 27.6 Å². The predicted molar refractivity (Wildman–Crippen MR) is 109 cm³/mol. The third kappa shape index (κ3) is 4.90. The molecule has 0 aliphatic carbocycles. The SMILES string of the molecule is C=CCNS(=O)(=O)c1ccc(C(=O)OCC(=O)N2CCCc3ccccc32)cc1. The molecular formula is C21H22N2O5S. The van der Waals surface area contributed by atoms with Gasteiger partial charge in [0, 0.05) is 18.8 Å². The molecule has 1 heterocycles. The van der Waals surface area contributed by atoms with E-state index in [2.05, 4.69) is 11.3 Å². The van der Waals surface area contributed by atoms with Crippen LogP contribution in [0.25, 0.3) is 0 Å². The summed E-state index contributed by atoms with van der Waals surface area (Å²) in [6.07, 6.45) is 3.20. The molecule has 0 fully saturated rings. The zero-order valence-electron chi connectivity index (χ0n) is 15.8. The van der Waals surface area contributed by atoms with Crippen LogP contribution in [-0.2, 0) is 26.0 Å². The van der Waals surface area contributed by atoms with E-state index in [1.165, 1.54) is 30.3 Å². The minimum absolute atomic E-state index is 0.0249. The molecule has 29 heavy (non-hydrogen) atoms. The first-order chi connectivity index (χ1) is 13.9. The second-order valence-corrected chi connectivity index (χ2v) is 8.29. The van der Waals surface area contributed by atoms with Gasteiger partial charge in [-0.05, 0) is 48.7 Å². The van der Waals surface area contributed by atoms with Gasteiger partial charge >= 0.3 is 5.97 Å². The van der Waals surface area contributed by atoms with E-state index < -0.39 is 16.0 Å². The van der Waals surface area contributed by atoms with Gasteiger partial charge < -0.3 is 9.64 Å². The fourth-order valence-corrected chi connectivity index (χ4v) is 4.10. The van der Waals surface area contributed by atoms with E-state index in [1.54, 1.807) is 4.90 Å². The fraction of sp³-hybridized carbons (Fsp3) is 0.238. The lowest BCUT2D eigenvalue weighted by molar-refractivity contribution is -0.121. The van der Waals surface area contributed by atoms with Crippen LogP contribution in [0.2, 0.25) is 0 Å². The van der Waals surface area contributed by atoms with Crippen LogP contribution in [0.4, 0.5) is 5.69 Å². The largest absolute Gasteiger partial charge is 0.452 e. The second-order valence-electron chi connectivity index (χ2n) is 6.52. The number of para-hydroxylation sites is 1. The molecule has 1 amide bonds. The molecule has 1 aliphatic heterocycles. The Balaban J connectivity index is 1.61. The van der Waals surface area contributed by atoms with Crippen molar-refractivity contribution in [1.29, 1.82) is 0 Å². The van der Waals surface area contributed by atoms with E-state index in [4.69, 9.17) is 4.74 Å². The minimum atomic E-state index is -3.67. The number of sulfonamides is 1. The van der Waals surface area contributed by atoms with Crippen molar-refractivity contribution in [3.05, 3.63) is 72.3 Å². The number of aryl methyl sites for hydroxylation is 1. The van der Waals surface area contributed by atoms with Gasteiger partial charge in [0.25, 0.3) is 5.91 Å². The Bertz CT molecular complexity index is 1020. The zero-order valence-corrected chi connectivity index (χ0v) is 16.7. The van der Waals surface area contributed by atoms with E-state index in [-0.39, 0.29) is 29.5 Å². The molecular weight excluding hydrogens is 392 g/mol. The molecule has 152 valence electrons. The highest BCUT2D eigenvalue weighted by Gasteiger charge is 2.23. The maximum Gasteiger partial charge on any atom is 0.338 e. The maximum atomic E-state index is 12.5. The van der Waals surface area contributed by atoms with Gasteiger partial charge in [-0.25, -0.2) is 17.9 Å². The number of nitrogens with one attached hydrogen (secondary N) is 1. The molecule has 0 aromatic heterocycles. The van der Waals surface area contributed by atoms with Gasteiger partial charge in [0.1, 0.15) is 0 Å². The van der Waals surface area contributed by atoms with Gasteiger partial charge in [-0.3, -0.25) is 4.79 Å². The molecule has 0 spiro atoms. The number of ether oxygens (including phenoxy) is 1. The van der Waals surface area contributed by atoms with Crippen LogP contribution in [0.15, 0.2) is 66.1 Å². The third-order valence-electron chi connectivity index (χ3n) is 4.56. The van der Waals surface area contributed by atoms with Crippen molar-refractivity contribution < 1.29 is 22.7 Å². The molecule has 8 heteroatoms. The van der Waals surface area contributed by atoms with Crippen LogP contribution in [0, 0.1) is 0 Å². The number of fused-ring (bicyclic) bond motifs is 1. The van der Waals surface area contributed by atoms with Crippen molar-refractivity contribution in [2.75, 3.05) is 24.6 Å². The number of rotatable bonds is 7. The third-order valence-corrected chi connectivity index (χ3v) is 6.00. The molecule has 0 radical (unpaired) electrons. The predicted octanol–water partition coefficient (Wildman–Crippen LogP) is 2.29. The highest BCUT2D eigenvalue weighted by atomic mass is 32.2. The highest BCUT2D eigenvalue weighted by Crippen LogP contribution is 2.26. The number of amides is 1. The molecule has 0 atom stereocenters. The molecule has 2 aromatic carbocycles. The summed E-state index contributed by atoms with van der Waals surface area (Å²) in [5.41, 5.74) is 2.11. The minimum Gasteiger partial charge on any atom is -0.452 e. The van der Waals surface area contributed by atoms with Gasteiger partial charge in [-0.15, -0.1) is 6.58 Å². The number of carbonyl (C=O) groups is 2. The Kier molecular flexibility index (Phi) is 6.46. The molecule has 1 N–H and O–H groups in total. The van der Waals surface area contributed by atoms with Crippen molar-refractivity contribution in [1.82, 2.24) is 4.72 Å². The van der Waals surface area contributed by atoms with E-state index >= 15 is 0 Å². The number of hydrogen-bond donors (Lipinski definition) is 1. The molecule has 0 unspecified atom stereocenters. The Morgan fingerprint density at radius 2 is 1.86 bits per heavy atom. The number of anilines is 1. The first-order valence-electron chi connectivity index (χ1n) is 9.18. The van der Waals surface area contributed by atoms with Crippen LogP contribution < -0.4 is 9.62 Å². The fourth-order valence-electron chi connectivity index (χ4n) is 3.10. The lowest BCUT2D eigenvalue weighted by atomic mass is 10.0. The standard InChI is InChI=1S/C21H22N2O5S/c1-2-13-22-29(26,27)18-11-9-17(10-12-18)21(25)28-15-20(24)23-14-5-7-16-6-3-4-8-19(16)23/h2-4,6,8-12,22H,1,5,7,13-15H2. The van der Waals surface area contributed by atoms with E-state index in [9.17, 15) is 18.0 Å². The van der Waals surface area contributed by atoms with E-state index in [0.717, 1.165) is 24.1 Å². The summed E-state index contributed by atoms with van der Waals surface area (Å²) in [7, 11) is -3.67. The number of hydrogen-bond acceptors (Lipinski definition) is 5. The van der Waals surface area contributed by atoms with Crippen LogP contribution in [0.1, 0.15) is 22.3 Å². The lowest BCUT2D eigenvalue weighted by Crippen LogP contribution is -2.38. The molecule has 3 rings (SSSR count). The van der Waals surface area contributed by atoms with Crippen LogP contribution >= 0.6 is 0 Å². The summed E-state index contributed by atoms with van der Waals surface area (Å²) < 4.78 is 31.6. The van der Waals surface area contributed by atoms with Crippen LogP contribution in [-0.4, -0.2) is 40.0 Å². The lowest BCUT2D eigenvalue weighted by Gasteiger charge is -2.29. The molecule has 0 saturated carbocycles. The normalized spacial score (nSPS) is 13.4. The highest BCUT2D eigenvalue weighted by molar-refractivity contribution is 7.89. The van der Waals surface area contributed by atoms with Crippen molar-refractivity contribution in [3.63, 3.8) is 0 Å². The van der Waals surface area contributed by atoms with Gasteiger partial charge in [-0.2, -0.15) is 0 Å². The zero-order chi connectivity index (χ0) is 20.9. The maximum absolute atomic E-state index is 12.5. The Labute approximate surface area is 170 Å². The monoisotopic (exact) mass is 414 g/mol. The summed E-state index contributed by atoms with van der Waals surface area (Å²) in [6, 6.07) is 13.0. The van der Waals surface area contributed by atoms with Crippen molar-refractivity contribution in [2.45, 2.75) is 17.7 Å². The van der Waals surface area contributed by atoms with E-state index in [1.807, 2.05) is 24.3 Å². The molecule has 1 aliphatic rings. The van der Waals surface area contributed by atoms with Crippen molar-refractivity contribution in [2.24, 2.45) is 0 Å². The Morgan fingerprint density at radius 1 is 1.14 bits per heavy atom. The molecule has 2 aromatic rings. The molecule has 0 saturated heterocycles. The summed E-state index contributed by atoms with van der Waals surface area (Å²) >= 11 is 0. The quantitative estimate of drug-likeness (QED) is 0.554. The number of carbonyl (C=O) groups excluding carboxylic acids is 2. The average molecular weight is 414 g/mol. The van der Waals surface area contributed by atoms with Gasteiger partial charge in [0.05, 0.1) is 10.5 Å². The first kappa shape index (κ1) is 20.8. The Hall–Kier alpha value is -2.97. The first-order valence-corrected chi connectivity index (χ1v) is 10.7. The number of esters is 1. The Morgan fingerprint density at radius 3 is 2.59 bits per heavy atom. The summed E-state index contributed by atoms with van der Waals surface area (Å²) in [6.45, 7) is 3.76. The summed E-state index contributed by atoms with van der Waals surface area (Å²) in [5.74, 6) is -0.982. The van der Waals surface area contributed by atoms with Crippen LogP contribution in [0.5, 0.6) is 0 Å². The molecule has 0 bridgehead atoms. The van der Waals surface area contributed by atoms with Gasteiger partial charge in [0.15, 0.2) is 6.61 Å². The average Bonchev–Trinajstić information content (AvgIpc) is 2.75. The topological polar surface area (TPSA) is 92.8 Å². The molecule has 7 nitrogen and oxygen atoms in total. The van der Waals surface area contributed by atoms with Gasteiger partial charge in [0.2, 0.25) is 10.0 Å². The van der Waals surface area contributed by atoms with Gasteiger partial charge in [-0.1, -0.05) is 24.3 Å². The summed E-state index contributed by atoms with van der Waals surface area (Å²) in [4.78, 5) is 26.4. The number of benzene rings is 2. The number of nitrogens with zero attached hydrogens (tertiary/aromatic N) is 1. The smallest absolute Gasteiger partial charge is 0.338 e. The van der Waals surface area contributed by atoms with Crippen LogP contribution in [0.3, 0.4) is 0 Å². The summed E-state index contributed by atoms with van der Waals surface area (Å²) in [5, 5.41) is 0. The second kappa shape index (κ2) is 9.02.